The molecular formula is C11H16N4O. The molecule has 1 heterocycles. The van der Waals surface area contributed by atoms with Crippen LogP contribution in [0.1, 0.15) is 32.3 Å². The predicted octanol–water partition coefficient (Wildman–Crippen LogP) is 1.67. The smallest absolute Gasteiger partial charge is 0.228 e. The zero-order valence-corrected chi connectivity index (χ0v) is 9.82. The Kier molecular flexibility index (Phi) is 4.06. The second kappa shape index (κ2) is 5.31. The lowest BCUT2D eigenvalue weighted by molar-refractivity contribution is -0.119. The van der Waals surface area contributed by atoms with E-state index in [1.165, 1.54) is 10.9 Å². The van der Waals surface area contributed by atoms with E-state index in [1.54, 1.807) is 7.05 Å². The fourth-order valence-electron chi connectivity index (χ4n) is 1.47. The Morgan fingerprint density at radius 3 is 3.00 bits per heavy atom. The van der Waals surface area contributed by atoms with E-state index in [0.717, 1.165) is 12.8 Å². The van der Waals surface area contributed by atoms with E-state index in [4.69, 9.17) is 5.26 Å². The van der Waals surface area contributed by atoms with E-state index in [-0.39, 0.29) is 11.8 Å². The van der Waals surface area contributed by atoms with Crippen molar-refractivity contribution >= 4 is 11.7 Å². The number of hydrogen-bond acceptors (Lipinski definition) is 3. The van der Waals surface area contributed by atoms with Crippen LogP contribution in [0.5, 0.6) is 0 Å². The Balaban J connectivity index is 2.77. The van der Waals surface area contributed by atoms with Gasteiger partial charge >= 0.3 is 0 Å². The van der Waals surface area contributed by atoms with Gasteiger partial charge < -0.3 is 5.32 Å². The Morgan fingerprint density at radius 2 is 2.44 bits per heavy atom. The first-order valence-electron chi connectivity index (χ1n) is 5.33. The Hall–Kier alpha value is -1.83. The summed E-state index contributed by atoms with van der Waals surface area (Å²) in [5.74, 6) is 0.351. The van der Waals surface area contributed by atoms with Crippen LogP contribution in [0.3, 0.4) is 0 Å². The normalized spacial score (nSPS) is 11.9. The lowest BCUT2D eigenvalue weighted by Crippen LogP contribution is -2.22. The number of rotatable bonds is 4. The Morgan fingerprint density at radius 1 is 1.75 bits per heavy atom. The zero-order chi connectivity index (χ0) is 12.1. The van der Waals surface area contributed by atoms with E-state index in [1.807, 2.05) is 19.9 Å². The van der Waals surface area contributed by atoms with Gasteiger partial charge in [0.1, 0.15) is 17.5 Å². The third-order valence-electron chi connectivity index (χ3n) is 2.47. The molecule has 1 amide bonds. The summed E-state index contributed by atoms with van der Waals surface area (Å²) in [6.07, 6.45) is 3.25. The van der Waals surface area contributed by atoms with Crippen molar-refractivity contribution in [3.63, 3.8) is 0 Å². The number of hydrogen-bond donors (Lipinski definition) is 1. The van der Waals surface area contributed by atoms with Crippen LogP contribution in [-0.2, 0) is 11.8 Å². The van der Waals surface area contributed by atoms with Crippen molar-refractivity contribution in [2.45, 2.75) is 26.7 Å². The van der Waals surface area contributed by atoms with Gasteiger partial charge in [-0.05, 0) is 6.42 Å². The van der Waals surface area contributed by atoms with Gasteiger partial charge in [-0.3, -0.25) is 9.48 Å². The standard InChI is InChI=1S/C11H16N4O/c1-4-5-8(2)11(16)14-10-9(6-12)7-13-15(10)3/h7-8H,4-5H2,1-3H3,(H,14,16). The van der Waals surface area contributed by atoms with Gasteiger partial charge in [-0.25, -0.2) is 0 Å². The van der Waals surface area contributed by atoms with E-state index < -0.39 is 0 Å². The molecule has 1 aromatic heterocycles. The van der Waals surface area contributed by atoms with Crippen LogP contribution >= 0.6 is 0 Å². The van der Waals surface area contributed by atoms with Crippen LogP contribution in [0.25, 0.3) is 0 Å². The van der Waals surface area contributed by atoms with Crippen molar-refractivity contribution in [3.05, 3.63) is 11.8 Å². The summed E-state index contributed by atoms with van der Waals surface area (Å²) in [6.45, 7) is 3.91. The highest BCUT2D eigenvalue weighted by Gasteiger charge is 2.16. The minimum absolute atomic E-state index is 0.0496. The lowest BCUT2D eigenvalue weighted by atomic mass is 10.1. The van der Waals surface area contributed by atoms with E-state index in [0.29, 0.717) is 11.4 Å². The highest BCUT2D eigenvalue weighted by molar-refractivity contribution is 5.92. The van der Waals surface area contributed by atoms with Crippen LogP contribution in [0.4, 0.5) is 5.82 Å². The molecule has 0 bridgehead atoms. The van der Waals surface area contributed by atoms with Crippen molar-refractivity contribution in [1.29, 1.82) is 5.26 Å². The molecule has 1 atom stereocenters. The summed E-state index contributed by atoms with van der Waals surface area (Å²) in [4.78, 5) is 11.8. The summed E-state index contributed by atoms with van der Waals surface area (Å²) < 4.78 is 1.50. The molecule has 16 heavy (non-hydrogen) atoms. The molecule has 0 saturated heterocycles. The molecule has 0 saturated carbocycles. The quantitative estimate of drug-likeness (QED) is 0.838. The highest BCUT2D eigenvalue weighted by atomic mass is 16.1. The summed E-state index contributed by atoms with van der Waals surface area (Å²) in [5.41, 5.74) is 0.388. The minimum Gasteiger partial charge on any atom is -0.310 e. The zero-order valence-electron chi connectivity index (χ0n) is 9.82. The first kappa shape index (κ1) is 12.2. The van der Waals surface area contributed by atoms with Gasteiger partial charge in [-0.15, -0.1) is 0 Å². The molecule has 0 fully saturated rings. The number of nitriles is 1. The van der Waals surface area contributed by atoms with Crippen LogP contribution in [0.2, 0.25) is 0 Å². The Labute approximate surface area is 95.1 Å². The molecular weight excluding hydrogens is 204 g/mol. The molecule has 1 aromatic rings. The SMILES string of the molecule is CCCC(C)C(=O)Nc1c(C#N)cnn1C. The predicted molar refractivity (Wildman–Crippen MR) is 60.6 cm³/mol. The van der Waals surface area contributed by atoms with Crippen molar-refractivity contribution in [3.8, 4) is 6.07 Å². The summed E-state index contributed by atoms with van der Waals surface area (Å²) in [6, 6.07) is 1.99. The second-order valence-corrected chi connectivity index (χ2v) is 3.82. The Bertz CT molecular complexity index is 416. The monoisotopic (exact) mass is 220 g/mol. The van der Waals surface area contributed by atoms with Crippen molar-refractivity contribution in [2.75, 3.05) is 5.32 Å². The van der Waals surface area contributed by atoms with Gasteiger partial charge in [0.25, 0.3) is 0 Å². The maximum atomic E-state index is 11.8. The number of aromatic nitrogens is 2. The summed E-state index contributed by atoms with van der Waals surface area (Å²) in [5, 5.41) is 15.5. The fourth-order valence-corrected chi connectivity index (χ4v) is 1.47. The van der Waals surface area contributed by atoms with Gasteiger partial charge in [0.05, 0.1) is 6.20 Å². The van der Waals surface area contributed by atoms with Crippen molar-refractivity contribution in [1.82, 2.24) is 9.78 Å². The molecule has 5 heteroatoms. The van der Waals surface area contributed by atoms with E-state index >= 15 is 0 Å². The molecule has 86 valence electrons. The number of nitrogens with zero attached hydrogens (tertiary/aromatic N) is 3. The average Bonchev–Trinajstić information content (AvgIpc) is 2.60. The van der Waals surface area contributed by atoms with Crippen LogP contribution < -0.4 is 5.32 Å². The van der Waals surface area contributed by atoms with Gasteiger partial charge in [-0.1, -0.05) is 20.3 Å². The molecule has 0 aliphatic carbocycles. The number of carbonyl (C=O) groups excluding carboxylic acids is 1. The maximum Gasteiger partial charge on any atom is 0.228 e. The number of aryl methyl sites for hydroxylation is 1. The number of carbonyl (C=O) groups is 1. The molecule has 1 N–H and O–H groups in total. The lowest BCUT2D eigenvalue weighted by Gasteiger charge is -2.11. The largest absolute Gasteiger partial charge is 0.310 e. The molecule has 1 rings (SSSR count). The highest BCUT2D eigenvalue weighted by Crippen LogP contribution is 2.15. The first-order valence-corrected chi connectivity index (χ1v) is 5.33. The number of amides is 1. The molecule has 0 radical (unpaired) electrons. The van der Waals surface area contributed by atoms with Gasteiger partial charge in [-0.2, -0.15) is 10.4 Å². The van der Waals surface area contributed by atoms with Crippen LogP contribution in [0.15, 0.2) is 6.20 Å². The van der Waals surface area contributed by atoms with E-state index in [9.17, 15) is 4.79 Å². The molecule has 0 aliphatic rings. The van der Waals surface area contributed by atoms with Crippen LogP contribution in [0, 0.1) is 17.2 Å². The minimum atomic E-state index is -0.0676. The maximum absolute atomic E-state index is 11.8. The van der Waals surface area contributed by atoms with Gasteiger partial charge in [0.2, 0.25) is 5.91 Å². The fraction of sp³-hybridized carbons (Fsp3) is 0.545. The first-order chi connectivity index (χ1) is 7.60. The number of nitrogens with one attached hydrogen (secondary N) is 1. The second-order valence-electron chi connectivity index (χ2n) is 3.82. The number of anilines is 1. The molecule has 0 aromatic carbocycles. The van der Waals surface area contributed by atoms with E-state index in [2.05, 4.69) is 10.4 Å². The molecule has 5 nitrogen and oxygen atoms in total. The topological polar surface area (TPSA) is 70.7 Å². The molecule has 1 unspecified atom stereocenters. The van der Waals surface area contributed by atoms with Gasteiger partial charge in [0.15, 0.2) is 0 Å². The molecule has 0 spiro atoms. The van der Waals surface area contributed by atoms with Gasteiger partial charge in [0, 0.05) is 13.0 Å². The summed E-state index contributed by atoms with van der Waals surface area (Å²) in [7, 11) is 1.70. The van der Waals surface area contributed by atoms with Crippen LogP contribution in [-0.4, -0.2) is 15.7 Å². The average molecular weight is 220 g/mol. The molecule has 0 aliphatic heterocycles. The van der Waals surface area contributed by atoms with Crippen molar-refractivity contribution in [2.24, 2.45) is 13.0 Å². The van der Waals surface area contributed by atoms with Crippen molar-refractivity contribution < 1.29 is 4.79 Å². The summed E-state index contributed by atoms with van der Waals surface area (Å²) >= 11 is 0. The third kappa shape index (κ3) is 2.60. The third-order valence-corrected chi connectivity index (χ3v) is 2.47.